The van der Waals surface area contributed by atoms with E-state index >= 15 is 0 Å². The number of nitrogens with one attached hydrogen (secondary N) is 5. The Hall–Kier alpha value is -7.03. The minimum absolute atomic E-state index is 0.0364. The number of ether oxygens (including phenoxy) is 10. The third kappa shape index (κ3) is 26.4. The van der Waals surface area contributed by atoms with E-state index in [0.717, 1.165) is 6.92 Å². The Kier molecular flexibility index (Phi) is 31.7. The van der Waals surface area contributed by atoms with E-state index in [0.29, 0.717) is 110 Å². The summed E-state index contributed by atoms with van der Waals surface area (Å²) in [6, 6.07) is 4.91. The lowest BCUT2D eigenvalue weighted by Gasteiger charge is -2.15. The molecule has 30 heteroatoms. The summed E-state index contributed by atoms with van der Waals surface area (Å²) in [7, 11) is 0. The lowest BCUT2D eigenvalue weighted by molar-refractivity contribution is -0.139. The van der Waals surface area contributed by atoms with Crippen LogP contribution in [0.15, 0.2) is 35.3 Å². The van der Waals surface area contributed by atoms with Crippen LogP contribution < -0.4 is 37.3 Å². The molecule has 448 valence electrons. The van der Waals surface area contributed by atoms with Gasteiger partial charge in [0, 0.05) is 42.7 Å². The SMILES string of the molecule is Cc1c(F)c(F)c(F)c(OC(=O)CCOCCOCCOCCOCCOCCOCCOCCOCCOCCC(=O)NCCCNC(=O)CC[C@H](NC(=O)c2ccc(NCc3cnc4nc(N)[nH]c(=O)c4n3)cc2)C(=O)O)c1F. The molecule has 0 aliphatic heterocycles. The predicted octanol–water partition coefficient (Wildman–Crippen LogP) is 1.89. The predicted molar refractivity (Wildman–Crippen MR) is 278 cm³/mol. The summed E-state index contributed by atoms with van der Waals surface area (Å²) in [5.74, 6) is -12.1. The van der Waals surface area contributed by atoms with Gasteiger partial charge in [-0.2, -0.15) is 9.37 Å². The van der Waals surface area contributed by atoms with Crippen molar-refractivity contribution in [2.24, 2.45) is 0 Å². The highest BCUT2D eigenvalue weighted by Crippen LogP contribution is 2.30. The number of carboxylic acids is 1. The molecule has 0 saturated heterocycles. The van der Waals surface area contributed by atoms with Gasteiger partial charge in [0.1, 0.15) is 6.04 Å². The molecule has 0 unspecified atom stereocenters. The molecule has 0 aliphatic carbocycles. The molecule has 4 aromatic rings. The van der Waals surface area contributed by atoms with Crippen LogP contribution in [0.2, 0.25) is 0 Å². The van der Waals surface area contributed by atoms with E-state index < -0.39 is 69.9 Å². The van der Waals surface area contributed by atoms with Crippen molar-refractivity contribution in [3.8, 4) is 5.75 Å². The van der Waals surface area contributed by atoms with Crippen LogP contribution in [-0.4, -0.2) is 193 Å². The average Bonchev–Trinajstić information content (AvgIpc) is 3.47. The fourth-order valence-electron chi connectivity index (χ4n) is 6.64. The van der Waals surface area contributed by atoms with Gasteiger partial charge in [-0.15, -0.1) is 0 Å². The van der Waals surface area contributed by atoms with E-state index in [4.69, 9.17) is 48.4 Å². The zero-order chi connectivity index (χ0) is 58.6. The van der Waals surface area contributed by atoms with Gasteiger partial charge in [-0.25, -0.2) is 27.9 Å². The van der Waals surface area contributed by atoms with Crippen molar-refractivity contribution in [2.45, 2.75) is 51.6 Å². The first kappa shape index (κ1) is 66.5. The third-order valence-electron chi connectivity index (χ3n) is 10.9. The number of hydrogen-bond acceptors (Lipinski definition) is 21. The molecule has 0 spiro atoms. The molecule has 2 aromatic carbocycles. The molecule has 8 N–H and O–H groups in total. The number of carboxylic acid groups (broad SMARTS) is 1. The Morgan fingerprint density at radius 3 is 1.62 bits per heavy atom. The van der Waals surface area contributed by atoms with E-state index in [1.54, 1.807) is 12.1 Å². The maximum atomic E-state index is 14.0. The number of aromatic nitrogens is 4. The fraction of sp³-hybridized carbons (Fsp3) is 0.549. The summed E-state index contributed by atoms with van der Waals surface area (Å²) in [5.41, 5.74) is 5.61. The first-order valence-electron chi connectivity index (χ1n) is 25.8. The minimum Gasteiger partial charge on any atom is -0.480 e. The monoisotopic (exact) mass is 1160 g/mol. The van der Waals surface area contributed by atoms with Crippen LogP contribution in [0.1, 0.15) is 53.7 Å². The number of carbonyl (C=O) groups excluding carboxylic acids is 4. The molecule has 1 atom stereocenters. The smallest absolute Gasteiger partial charge is 0.326 e. The molecule has 0 saturated carbocycles. The zero-order valence-electron chi connectivity index (χ0n) is 44.8. The van der Waals surface area contributed by atoms with Crippen molar-refractivity contribution in [1.82, 2.24) is 35.9 Å². The van der Waals surface area contributed by atoms with E-state index in [1.165, 1.54) is 18.3 Å². The normalized spacial score (nSPS) is 11.6. The summed E-state index contributed by atoms with van der Waals surface area (Å²) in [5, 5.41) is 20.6. The van der Waals surface area contributed by atoms with E-state index in [-0.39, 0.29) is 100 Å². The number of hydrogen-bond donors (Lipinski definition) is 7. The van der Waals surface area contributed by atoms with Gasteiger partial charge in [0.2, 0.25) is 29.3 Å². The highest BCUT2D eigenvalue weighted by Gasteiger charge is 2.26. The number of benzene rings is 2. The van der Waals surface area contributed by atoms with Gasteiger partial charge in [0.15, 0.2) is 28.6 Å². The third-order valence-corrected chi connectivity index (χ3v) is 10.9. The number of amides is 3. The molecule has 0 bridgehead atoms. The molecule has 2 heterocycles. The first-order chi connectivity index (χ1) is 39.1. The second-order valence-corrected chi connectivity index (χ2v) is 17.1. The number of fused-ring (bicyclic) bond motifs is 1. The topological polar surface area (TPSA) is 344 Å². The minimum atomic E-state index is -1.94. The van der Waals surface area contributed by atoms with Crippen LogP contribution >= 0.6 is 0 Å². The zero-order valence-corrected chi connectivity index (χ0v) is 44.8. The standard InChI is InChI=1S/C51H69F4N9O17/c1-33-41(52)43(54)44(55)46(42(33)53)81-40(67)10-14-73-16-18-75-20-22-77-24-26-79-28-30-80-29-27-78-25-23-76-21-19-74-17-15-72-13-9-39(66)58-12-2-11-57-38(65)8-7-37(50(70)71)62-48(68)34-3-5-35(6-4-34)59-31-36-32-60-47-45(61-36)49(69)64-51(56)63-47/h3-6,32,37,59H,2,7-31H2,1H3,(H,57,65)(H,58,66)(H,62,68)(H,70,71)(H3,56,60,63,64,69)/t37-/m0/s1. The number of H-pyrrole nitrogens is 1. The second-order valence-electron chi connectivity index (χ2n) is 17.1. The first-order valence-corrected chi connectivity index (χ1v) is 25.8. The Bertz CT molecular complexity index is 2610. The van der Waals surface area contributed by atoms with Crippen molar-refractivity contribution < 1.29 is 94.0 Å². The number of aliphatic carboxylic acids is 1. The molecule has 3 amide bonds. The summed E-state index contributed by atoms with van der Waals surface area (Å²) in [6.07, 6.45) is 1.33. The van der Waals surface area contributed by atoms with E-state index in [1.807, 2.05) is 0 Å². The van der Waals surface area contributed by atoms with E-state index in [9.17, 15) is 51.4 Å². The quantitative estimate of drug-likeness (QED) is 0.00830. The van der Waals surface area contributed by atoms with Gasteiger partial charge >= 0.3 is 11.9 Å². The van der Waals surface area contributed by atoms with Gasteiger partial charge in [0.25, 0.3) is 11.5 Å². The molecule has 0 radical (unpaired) electrons. The number of aromatic amines is 1. The number of nitrogens with two attached hydrogens (primary N) is 1. The van der Waals surface area contributed by atoms with Crippen LogP contribution in [0, 0.1) is 30.2 Å². The van der Waals surface area contributed by atoms with Crippen LogP contribution in [0.4, 0.5) is 29.2 Å². The molecule has 0 aliphatic rings. The summed E-state index contributed by atoms with van der Waals surface area (Å²) in [6.45, 7) is 6.86. The van der Waals surface area contributed by atoms with Crippen LogP contribution in [-0.2, 0) is 68.4 Å². The van der Waals surface area contributed by atoms with Gasteiger partial charge < -0.3 is 79.5 Å². The van der Waals surface area contributed by atoms with Gasteiger partial charge in [-0.1, -0.05) is 0 Å². The average molecular weight is 1160 g/mol. The highest BCUT2D eigenvalue weighted by atomic mass is 19.2. The molecule has 2 aromatic heterocycles. The Balaban J connectivity index is 0.838. The summed E-state index contributed by atoms with van der Waals surface area (Å²) >= 11 is 0. The second kappa shape index (κ2) is 38.6. The number of nitrogen functional groups attached to an aromatic ring is 1. The van der Waals surface area contributed by atoms with E-state index in [2.05, 4.69) is 45.9 Å². The maximum Gasteiger partial charge on any atom is 0.326 e. The van der Waals surface area contributed by atoms with Crippen LogP contribution in [0.5, 0.6) is 5.75 Å². The van der Waals surface area contributed by atoms with Gasteiger partial charge in [-0.3, -0.25) is 29.0 Å². The summed E-state index contributed by atoms with van der Waals surface area (Å²) < 4.78 is 108. The molecule has 81 heavy (non-hydrogen) atoms. The largest absolute Gasteiger partial charge is 0.480 e. The number of rotatable bonds is 44. The summed E-state index contributed by atoms with van der Waals surface area (Å²) in [4.78, 5) is 87.8. The lowest BCUT2D eigenvalue weighted by Crippen LogP contribution is -2.41. The molecule has 0 fully saturated rings. The van der Waals surface area contributed by atoms with Crippen LogP contribution in [0.3, 0.4) is 0 Å². The Morgan fingerprint density at radius 2 is 1.11 bits per heavy atom. The molecule has 26 nitrogen and oxygen atoms in total. The number of halogens is 4. The molecular formula is C51H69F4N9O17. The van der Waals surface area contributed by atoms with Crippen molar-refractivity contribution in [3.05, 3.63) is 80.9 Å². The van der Waals surface area contributed by atoms with Crippen molar-refractivity contribution >= 4 is 52.5 Å². The van der Waals surface area contributed by atoms with Gasteiger partial charge in [0.05, 0.1) is 144 Å². The molecule has 4 rings (SSSR count). The lowest BCUT2D eigenvalue weighted by atomic mass is 10.1. The van der Waals surface area contributed by atoms with Crippen molar-refractivity contribution in [2.75, 3.05) is 143 Å². The number of anilines is 2. The maximum absolute atomic E-state index is 14.0. The fourth-order valence-corrected chi connectivity index (χ4v) is 6.64. The number of carbonyl (C=O) groups is 5. The Morgan fingerprint density at radius 1 is 0.630 bits per heavy atom. The number of esters is 1. The Labute approximate surface area is 462 Å². The van der Waals surface area contributed by atoms with Gasteiger partial charge in [-0.05, 0) is 44.0 Å². The van der Waals surface area contributed by atoms with Crippen molar-refractivity contribution in [3.63, 3.8) is 0 Å². The highest BCUT2D eigenvalue weighted by molar-refractivity contribution is 5.97. The van der Waals surface area contributed by atoms with Crippen LogP contribution in [0.25, 0.3) is 11.2 Å². The number of nitrogens with zero attached hydrogens (tertiary/aromatic N) is 3. The molecular weight excluding hydrogens is 1090 g/mol. The van der Waals surface area contributed by atoms with Crippen molar-refractivity contribution in [1.29, 1.82) is 0 Å².